The van der Waals surface area contributed by atoms with E-state index >= 15 is 0 Å². The van der Waals surface area contributed by atoms with Crippen molar-refractivity contribution in [3.8, 4) is 6.07 Å². The number of hydrogen-bond donors (Lipinski definition) is 2. The van der Waals surface area contributed by atoms with Crippen molar-refractivity contribution < 1.29 is 0 Å². The maximum Gasteiger partial charge on any atom is 0.0659 e. The van der Waals surface area contributed by atoms with Crippen LogP contribution in [0.15, 0.2) is 0 Å². The Bertz CT molecular complexity index is 1320. The minimum absolute atomic E-state index is 0.224. The van der Waals surface area contributed by atoms with Crippen molar-refractivity contribution in [3.63, 3.8) is 0 Å². The summed E-state index contributed by atoms with van der Waals surface area (Å²) < 4.78 is 0. The molecule has 0 radical (unpaired) electrons. The third-order valence-electron chi connectivity index (χ3n) is 21.9. The molecule has 0 amide bonds. The molecule has 2 N–H and O–H groups in total. The maximum absolute atomic E-state index is 11.4. The fraction of sp³-hybridized carbons (Fsp3) is 0.981. The van der Waals surface area contributed by atoms with E-state index in [4.69, 9.17) is 0 Å². The van der Waals surface area contributed by atoms with E-state index in [1.807, 2.05) is 0 Å². The molecule has 0 bridgehead atoms. The maximum atomic E-state index is 11.4. The van der Waals surface area contributed by atoms with Crippen molar-refractivity contribution in [2.45, 2.75) is 248 Å². The summed E-state index contributed by atoms with van der Waals surface area (Å²) in [6.45, 7) is 0. The SMILES string of the molecule is N#CC1CC(N2C3CCCCC3C3CCCCC32)C(C2CCC(C3C4CCCCC4C4CCCCC43)CC2)CC1C1CC(C2CCCCC2)NC(C2CCCCC2)N1. The Morgan fingerprint density at radius 2 is 0.828 bits per heavy atom. The van der Waals surface area contributed by atoms with Crippen molar-refractivity contribution in [2.75, 3.05) is 0 Å². The van der Waals surface area contributed by atoms with E-state index in [1.165, 1.54) is 173 Å². The monoisotopic (exact) mass is 793 g/mol. The highest BCUT2D eigenvalue weighted by Gasteiger charge is 2.58. The van der Waals surface area contributed by atoms with Crippen LogP contribution in [0.1, 0.15) is 212 Å². The van der Waals surface area contributed by atoms with Crippen LogP contribution in [0.5, 0.6) is 0 Å². The molecule has 0 aromatic heterocycles. The van der Waals surface area contributed by atoms with Crippen molar-refractivity contribution in [1.82, 2.24) is 15.5 Å². The molecular formula is C54H88N4. The topological polar surface area (TPSA) is 51.1 Å². The van der Waals surface area contributed by atoms with Gasteiger partial charge in [-0.2, -0.15) is 5.26 Å². The van der Waals surface area contributed by atoms with Gasteiger partial charge >= 0.3 is 0 Å². The largest absolute Gasteiger partial charge is 0.299 e. The zero-order chi connectivity index (χ0) is 38.6. The molecule has 0 aromatic carbocycles. The molecule has 4 heteroatoms. The predicted octanol–water partition coefficient (Wildman–Crippen LogP) is 12.8. The Kier molecular flexibility index (Phi) is 12.4. The molecule has 58 heavy (non-hydrogen) atoms. The van der Waals surface area contributed by atoms with Gasteiger partial charge < -0.3 is 0 Å². The minimum atomic E-state index is 0.224. The number of nitrogens with zero attached hydrogens (tertiary/aromatic N) is 2. The van der Waals surface area contributed by atoms with E-state index in [1.54, 1.807) is 38.5 Å². The lowest BCUT2D eigenvalue weighted by Gasteiger charge is -2.55. The van der Waals surface area contributed by atoms with Gasteiger partial charge in [-0.1, -0.05) is 89.9 Å². The van der Waals surface area contributed by atoms with E-state index < -0.39 is 0 Å². The Morgan fingerprint density at radius 1 is 0.345 bits per heavy atom. The molecule has 11 rings (SSSR count). The zero-order valence-electron chi connectivity index (χ0n) is 37.3. The Balaban J connectivity index is 0.884. The summed E-state index contributed by atoms with van der Waals surface area (Å²) in [4.78, 5) is 3.31. The molecule has 0 aromatic rings. The zero-order valence-corrected chi connectivity index (χ0v) is 37.3. The summed E-state index contributed by atoms with van der Waals surface area (Å²) >= 11 is 0. The molecule has 15 atom stereocenters. The normalized spacial score (nSPS) is 50.9. The van der Waals surface area contributed by atoms with Gasteiger partial charge in [-0.05, 0) is 199 Å². The van der Waals surface area contributed by atoms with E-state index in [0.29, 0.717) is 30.2 Å². The van der Waals surface area contributed by atoms with Crippen molar-refractivity contribution in [2.24, 2.45) is 82.9 Å². The lowest BCUT2D eigenvalue weighted by atomic mass is 9.59. The molecule has 9 saturated carbocycles. The number of nitriles is 1. The molecule has 15 unspecified atom stereocenters. The fourth-order valence-electron chi connectivity index (χ4n) is 19.6. The van der Waals surface area contributed by atoms with E-state index in [9.17, 15) is 5.26 Å². The van der Waals surface area contributed by atoms with E-state index in [0.717, 1.165) is 83.1 Å². The lowest BCUT2D eigenvalue weighted by molar-refractivity contribution is -0.0387. The van der Waals surface area contributed by atoms with Crippen LogP contribution < -0.4 is 10.6 Å². The number of hydrogen-bond acceptors (Lipinski definition) is 4. The number of rotatable bonds is 6. The molecule has 324 valence electrons. The summed E-state index contributed by atoms with van der Waals surface area (Å²) in [7, 11) is 0. The van der Waals surface area contributed by atoms with E-state index in [-0.39, 0.29) is 5.92 Å². The first-order valence-electron chi connectivity index (χ1n) is 27.4. The molecule has 0 spiro atoms. The Labute approximate surface area is 356 Å². The number of nitrogens with one attached hydrogen (secondary N) is 2. The highest BCUT2D eigenvalue weighted by Crippen LogP contribution is 2.62. The third kappa shape index (κ3) is 7.54. The second kappa shape index (κ2) is 17.9. The number of likely N-dealkylation sites (tertiary alicyclic amines) is 1. The van der Waals surface area contributed by atoms with Crippen LogP contribution in [0.2, 0.25) is 0 Å². The van der Waals surface area contributed by atoms with Crippen LogP contribution in [0.3, 0.4) is 0 Å². The molecule has 11 fully saturated rings. The van der Waals surface area contributed by atoms with Gasteiger partial charge in [-0.15, -0.1) is 0 Å². The standard InChI is InChI=1S/C54H88N4/c55-34-39-31-52(58-50-25-13-11-21-42(50)43-22-12-14-26-51(43)58)47(35-27-29-37(30-28-35)53-44-23-9-7-19-40(44)41-20-8-10-24-45(41)53)32-46(39)49-33-48(36-15-3-1-4-16-36)56-54(57-49)38-17-5-2-6-18-38/h35-54,56-57H,1-33H2. The summed E-state index contributed by atoms with van der Waals surface area (Å²) in [5, 5.41) is 20.2. The molecular weight excluding hydrogens is 705 g/mol. The molecule has 4 nitrogen and oxygen atoms in total. The summed E-state index contributed by atoms with van der Waals surface area (Å²) in [5.41, 5.74) is 0. The number of fused-ring (bicyclic) bond motifs is 6. The van der Waals surface area contributed by atoms with Gasteiger partial charge in [0.15, 0.2) is 0 Å². The van der Waals surface area contributed by atoms with Crippen LogP contribution in [0.4, 0.5) is 0 Å². The van der Waals surface area contributed by atoms with Gasteiger partial charge in [-0.25, -0.2) is 0 Å². The predicted molar refractivity (Wildman–Crippen MR) is 238 cm³/mol. The molecule has 2 aliphatic heterocycles. The van der Waals surface area contributed by atoms with Gasteiger partial charge in [0.1, 0.15) is 0 Å². The quantitative estimate of drug-likeness (QED) is 0.281. The highest BCUT2D eigenvalue weighted by atomic mass is 15.3. The molecule has 2 saturated heterocycles. The minimum Gasteiger partial charge on any atom is -0.299 e. The second-order valence-electron chi connectivity index (χ2n) is 24.1. The van der Waals surface area contributed by atoms with Gasteiger partial charge in [0.2, 0.25) is 0 Å². The first-order valence-corrected chi connectivity index (χ1v) is 27.4. The van der Waals surface area contributed by atoms with Gasteiger partial charge in [-0.3, -0.25) is 15.5 Å². The second-order valence-corrected chi connectivity index (χ2v) is 24.1. The van der Waals surface area contributed by atoms with E-state index in [2.05, 4.69) is 21.6 Å². The average Bonchev–Trinajstić information content (AvgIpc) is 3.82. The van der Waals surface area contributed by atoms with Crippen LogP contribution >= 0.6 is 0 Å². The Morgan fingerprint density at radius 3 is 1.41 bits per heavy atom. The van der Waals surface area contributed by atoms with Gasteiger partial charge in [0, 0.05) is 30.2 Å². The van der Waals surface area contributed by atoms with Crippen LogP contribution in [-0.2, 0) is 0 Å². The van der Waals surface area contributed by atoms with Crippen molar-refractivity contribution in [1.29, 1.82) is 5.26 Å². The smallest absolute Gasteiger partial charge is 0.0659 e. The van der Waals surface area contributed by atoms with Crippen molar-refractivity contribution in [3.05, 3.63) is 0 Å². The fourth-order valence-corrected chi connectivity index (χ4v) is 19.6. The summed E-state index contributed by atoms with van der Waals surface area (Å²) in [6.07, 6.45) is 49.0. The molecule has 11 aliphatic rings. The first kappa shape index (κ1) is 40.2. The lowest BCUT2D eigenvalue weighted by Crippen LogP contribution is -2.66. The summed E-state index contributed by atoms with van der Waals surface area (Å²) in [6, 6.07) is 6.68. The summed E-state index contributed by atoms with van der Waals surface area (Å²) in [5.74, 6) is 12.5. The third-order valence-corrected chi connectivity index (χ3v) is 21.9. The van der Waals surface area contributed by atoms with Crippen molar-refractivity contribution >= 4 is 0 Å². The first-order chi connectivity index (χ1) is 28.7. The van der Waals surface area contributed by atoms with Crippen LogP contribution in [0.25, 0.3) is 0 Å². The van der Waals surface area contributed by atoms with Crippen LogP contribution in [0, 0.1) is 94.2 Å². The highest BCUT2D eigenvalue weighted by molar-refractivity contribution is 5.12. The van der Waals surface area contributed by atoms with Gasteiger partial charge in [0.25, 0.3) is 0 Å². The average molecular weight is 793 g/mol. The molecule has 2 heterocycles. The van der Waals surface area contributed by atoms with Gasteiger partial charge in [0.05, 0.1) is 18.2 Å². The molecule has 9 aliphatic carbocycles. The Hall–Kier alpha value is -0.630. The van der Waals surface area contributed by atoms with Crippen LogP contribution in [-0.4, -0.2) is 41.3 Å².